The molecule has 1 aliphatic heterocycles. The molecular weight excluding hydrogens is 350 g/mol. The highest BCUT2D eigenvalue weighted by Crippen LogP contribution is 2.20. The average molecular weight is 371 g/mol. The lowest BCUT2D eigenvalue weighted by molar-refractivity contribution is -0.385. The Labute approximate surface area is 146 Å². The van der Waals surface area contributed by atoms with E-state index in [0.717, 1.165) is 50.5 Å². The number of nitro benzene ring substituents is 1. The van der Waals surface area contributed by atoms with Crippen molar-refractivity contribution in [2.45, 2.75) is 11.3 Å². The Bertz CT molecular complexity index is 744. The minimum absolute atomic E-state index is 0.0407. The van der Waals surface area contributed by atoms with Crippen LogP contribution < -0.4 is 5.32 Å². The van der Waals surface area contributed by atoms with E-state index in [2.05, 4.69) is 10.2 Å². The first-order valence-electron chi connectivity index (χ1n) is 7.85. The molecule has 1 amide bonds. The third-order valence-electron chi connectivity index (χ3n) is 3.83. The van der Waals surface area contributed by atoms with E-state index in [1.807, 2.05) is 0 Å². The normalized spacial score (nSPS) is 15.7. The van der Waals surface area contributed by atoms with Gasteiger partial charge in [0.15, 0.2) is 9.84 Å². The maximum absolute atomic E-state index is 12.2. The van der Waals surface area contributed by atoms with Crippen LogP contribution in [0.15, 0.2) is 23.1 Å². The molecule has 9 nitrogen and oxygen atoms in total. The molecule has 1 aromatic carbocycles. The Balaban J connectivity index is 1.98. The molecule has 0 unspecified atom stereocenters. The van der Waals surface area contributed by atoms with Crippen molar-refractivity contribution in [1.29, 1.82) is 0 Å². The summed E-state index contributed by atoms with van der Waals surface area (Å²) in [5, 5.41) is 13.6. The van der Waals surface area contributed by atoms with Crippen LogP contribution in [0.2, 0.25) is 0 Å². The lowest BCUT2D eigenvalue weighted by Crippen LogP contribution is -2.38. The van der Waals surface area contributed by atoms with Crippen LogP contribution in [-0.4, -0.2) is 69.8 Å². The molecule has 0 aliphatic carbocycles. The van der Waals surface area contributed by atoms with Gasteiger partial charge in [-0.1, -0.05) is 0 Å². The van der Waals surface area contributed by atoms with Crippen molar-refractivity contribution in [3.05, 3.63) is 33.9 Å². The number of carbonyl (C=O) groups excluding carboxylic acids is 1. The first kappa shape index (κ1) is 19.3. The number of carbonyl (C=O) groups is 1. The Morgan fingerprint density at radius 2 is 2.00 bits per heavy atom. The van der Waals surface area contributed by atoms with Crippen molar-refractivity contribution < 1.29 is 22.9 Å². The highest BCUT2D eigenvalue weighted by atomic mass is 32.2. The van der Waals surface area contributed by atoms with Gasteiger partial charge in [-0.25, -0.2) is 8.42 Å². The molecule has 10 heteroatoms. The molecule has 0 saturated carbocycles. The summed E-state index contributed by atoms with van der Waals surface area (Å²) in [6.45, 7) is 4.33. The maximum Gasteiger partial charge on any atom is 0.271 e. The quantitative estimate of drug-likeness (QED) is 0.420. The fraction of sp³-hybridized carbons (Fsp3) is 0.533. The zero-order chi connectivity index (χ0) is 18.4. The second kappa shape index (κ2) is 8.37. The fourth-order valence-corrected chi connectivity index (χ4v) is 3.14. The minimum atomic E-state index is -3.66. The molecule has 2 rings (SSSR count). The van der Waals surface area contributed by atoms with Crippen LogP contribution >= 0.6 is 0 Å². The fourth-order valence-electron chi connectivity index (χ4n) is 2.47. The van der Waals surface area contributed by atoms with Gasteiger partial charge in [0.05, 0.1) is 23.0 Å². The standard InChI is InChI=1S/C15H21N3O6S/c1-25(22,23)14-10-12(9-13(11-14)18(20)21)15(19)16-3-2-4-17-5-7-24-8-6-17/h9-11H,2-8H2,1H3,(H,16,19). The number of nitrogens with one attached hydrogen (secondary N) is 1. The largest absolute Gasteiger partial charge is 0.379 e. The van der Waals surface area contributed by atoms with Crippen LogP contribution in [-0.2, 0) is 14.6 Å². The van der Waals surface area contributed by atoms with E-state index >= 15 is 0 Å². The maximum atomic E-state index is 12.2. The smallest absolute Gasteiger partial charge is 0.271 e. The van der Waals surface area contributed by atoms with Crippen molar-refractivity contribution in [2.75, 3.05) is 45.6 Å². The second-order valence-corrected chi connectivity index (χ2v) is 7.82. The lowest BCUT2D eigenvalue weighted by atomic mass is 10.2. The molecule has 0 spiro atoms. The molecule has 1 aromatic rings. The zero-order valence-corrected chi connectivity index (χ0v) is 14.8. The molecule has 138 valence electrons. The van der Waals surface area contributed by atoms with Crippen molar-refractivity contribution >= 4 is 21.4 Å². The van der Waals surface area contributed by atoms with Gasteiger partial charge in [0.25, 0.3) is 11.6 Å². The second-order valence-electron chi connectivity index (χ2n) is 5.81. The predicted octanol–water partition coefficient (Wildman–Crippen LogP) is 0.450. The number of nitrogens with zero attached hydrogens (tertiary/aromatic N) is 2. The van der Waals surface area contributed by atoms with Gasteiger partial charge in [-0.3, -0.25) is 19.8 Å². The molecule has 25 heavy (non-hydrogen) atoms. The summed E-state index contributed by atoms with van der Waals surface area (Å²) < 4.78 is 28.6. The number of morpholine rings is 1. The molecular formula is C15H21N3O6S. The van der Waals surface area contributed by atoms with E-state index in [0.29, 0.717) is 19.8 Å². The Hall–Kier alpha value is -2.04. The molecule has 1 N–H and O–H groups in total. The molecule has 1 saturated heterocycles. The molecule has 0 radical (unpaired) electrons. The summed E-state index contributed by atoms with van der Waals surface area (Å²) >= 11 is 0. The molecule has 1 aliphatic rings. The number of non-ortho nitro benzene ring substituents is 1. The SMILES string of the molecule is CS(=O)(=O)c1cc(C(=O)NCCCN2CCOCC2)cc([N+](=O)[O-])c1. The van der Waals surface area contributed by atoms with E-state index < -0.39 is 26.4 Å². The van der Waals surface area contributed by atoms with Gasteiger partial charge in [0, 0.05) is 43.6 Å². The number of ether oxygens (including phenoxy) is 1. The summed E-state index contributed by atoms with van der Waals surface area (Å²) in [6, 6.07) is 3.18. The van der Waals surface area contributed by atoms with Gasteiger partial charge in [-0.15, -0.1) is 0 Å². The van der Waals surface area contributed by atoms with Gasteiger partial charge < -0.3 is 10.1 Å². The van der Waals surface area contributed by atoms with E-state index in [4.69, 9.17) is 4.74 Å². The van der Waals surface area contributed by atoms with Crippen molar-refractivity contribution in [2.24, 2.45) is 0 Å². The van der Waals surface area contributed by atoms with Gasteiger partial charge in [-0.05, 0) is 19.0 Å². The van der Waals surface area contributed by atoms with Crippen LogP contribution in [0.4, 0.5) is 5.69 Å². The number of sulfone groups is 1. The number of benzene rings is 1. The van der Waals surface area contributed by atoms with Gasteiger partial charge in [-0.2, -0.15) is 0 Å². The van der Waals surface area contributed by atoms with Crippen molar-refractivity contribution in [3.63, 3.8) is 0 Å². The highest BCUT2D eigenvalue weighted by molar-refractivity contribution is 7.90. The van der Waals surface area contributed by atoms with Crippen LogP contribution in [0.3, 0.4) is 0 Å². The lowest BCUT2D eigenvalue weighted by Gasteiger charge is -2.26. The highest BCUT2D eigenvalue weighted by Gasteiger charge is 2.19. The Morgan fingerprint density at radius 3 is 2.60 bits per heavy atom. The average Bonchev–Trinajstić information content (AvgIpc) is 2.58. The minimum Gasteiger partial charge on any atom is -0.379 e. The summed E-state index contributed by atoms with van der Waals surface area (Å²) in [5.74, 6) is -0.532. The number of nitro groups is 1. The predicted molar refractivity (Wildman–Crippen MR) is 90.4 cm³/mol. The molecule has 0 bridgehead atoms. The Kier molecular flexibility index (Phi) is 6.45. The van der Waals surface area contributed by atoms with Crippen LogP contribution in [0, 0.1) is 10.1 Å². The van der Waals surface area contributed by atoms with Crippen LogP contribution in [0.5, 0.6) is 0 Å². The van der Waals surface area contributed by atoms with Gasteiger partial charge in [0.1, 0.15) is 0 Å². The molecule has 1 heterocycles. The number of hydrogen-bond acceptors (Lipinski definition) is 7. The van der Waals surface area contributed by atoms with E-state index in [9.17, 15) is 23.3 Å². The number of amides is 1. The third-order valence-corrected chi connectivity index (χ3v) is 4.92. The van der Waals surface area contributed by atoms with Crippen molar-refractivity contribution in [1.82, 2.24) is 10.2 Å². The number of hydrogen-bond donors (Lipinski definition) is 1. The summed E-state index contributed by atoms with van der Waals surface area (Å²) in [5.41, 5.74) is -0.470. The van der Waals surface area contributed by atoms with Gasteiger partial charge >= 0.3 is 0 Å². The topological polar surface area (TPSA) is 119 Å². The molecule has 1 fully saturated rings. The first-order valence-corrected chi connectivity index (χ1v) is 9.74. The van der Waals surface area contributed by atoms with E-state index in [-0.39, 0.29) is 10.5 Å². The monoisotopic (exact) mass is 371 g/mol. The summed E-state index contributed by atoms with van der Waals surface area (Å²) in [6.07, 6.45) is 1.66. The summed E-state index contributed by atoms with van der Waals surface area (Å²) in [7, 11) is -3.66. The Morgan fingerprint density at radius 1 is 1.32 bits per heavy atom. The van der Waals surface area contributed by atoms with Crippen LogP contribution in [0.1, 0.15) is 16.8 Å². The third kappa shape index (κ3) is 5.76. The zero-order valence-electron chi connectivity index (χ0n) is 13.9. The first-order chi connectivity index (χ1) is 11.8. The summed E-state index contributed by atoms with van der Waals surface area (Å²) in [4.78, 5) is 24.4. The van der Waals surface area contributed by atoms with Gasteiger partial charge in [0.2, 0.25) is 0 Å². The molecule has 0 aromatic heterocycles. The van der Waals surface area contributed by atoms with Crippen LogP contribution in [0.25, 0.3) is 0 Å². The molecule has 0 atom stereocenters. The van der Waals surface area contributed by atoms with Crippen molar-refractivity contribution in [3.8, 4) is 0 Å². The van der Waals surface area contributed by atoms with E-state index in [1.165, 1.54) is 0 Å². The number of rotatable bonds is 7. The van der Waals surface area contributed by atoms with E-state index in [1.54, 1.807) is 0 Å².